The largest absolute Gasteiger partial charge is 0.466 e. The van der Waals surface area contributed by atoms with Crippen LogP contribution in [0, 0.1) is 0 Å². The Morgan fingerprint density at radius 2 is 1.67 bits per heavy atom. The first-order chi connectivity index (χ1) is 17.4. The van der Waals surface area contributed by atoms with E-state index in [1.165, 1.54) is 28.4 Å². The van der Waals surface area contributed by atoms with Crippen molar-refractivity contribution in [2.75, 3.05) is 28.4 Å². The number of pyridine rings is 1. The van der Waals surface area contributed by atoms with Crippen LogP contribution in [0.2, 0.25) is 5.02 Å². The van der Waals surface area contributed by atoms with E-state index in [-0.39, 0.29) is 12.2 Å². The molecule has 0 fully saturated rings. The monoisotopic (exact) mass is 508 g/mol. The number of fused-ring (bicyclic) bond motifs is 3. The molecule has 0 amide bonds. The van der Waals surface area contributed by atoms with Gasteiger partial charge in [0.25, 0.3) is 0 Å². The van der Waals surface area contributed by atoms with Gasteiger partial charge in [0.15, 0.2) is 0 Å². The van der Waals surface area contributed by atoms with Crippen molar-refractivity contribution >= 4 is 51.4 Å². The van der Waals surface area contributed by atoms with Gasteiger partial charge in [0.1, 0.15) is 11.4 Å². The molecule has 0 spiro atoms. The summed E-state index contributed by atoms with van der Waals surface area (Å²) in [5, 5.41) is 2.20. The molecule has 0 saturated heterocycles. The molecule has 186 valence electrons. The first-order valence-electron chi connectivity index (χ1n) is 11.0. The lowest BCUT2D eigenvalue weighted by Gasteiger charge is -2.17. The van der Waals surface area contributed by atoms with E-state index in [0.717, 1.165) is 21.9 Å². The highest BCUT2D eigenvalue weighted by Gasteiger charge is 2.25. The van der Waals surface area contributed by atoms with E-state index in [4.69, 9.17) is 30.5 Å². The van der Waals surface area contributed by atoms with Gasteiger partial charge in [-0.25, -0.2) is 14.6 Å². The summed E-state index contributed by atoms with van der Waals surface area (Å²) in [6, 6.07) is 16.5. The highest BCUT2D eigenvalue weighted by Crippen LogP contribution is 2.35. The Morgan fingerprint density at radius 3 is 2.31 bits per heavy atom. The highest BCUT2D eigenvalue weighted by molar-refractivity contribution is 6.30. The molecule has 2 aromatic carbocycles. The second-order valence-corrected chi connectivity index (χ2v) is 8.34. The maximum absolute atomic E-state index is 12.8. The molecule has 0 unspecified atom stereocenters. The Kier molecular flexibility index (Phi) is 7.69. The van der Waals surface area contributed by atoms with Gasteiger partial charge in [-0.1, -0.05) is 41.9 Å². The van der Waals surface area contributed by atoms with Crippen LogP contribution in [-0.2, 0) is 30.3 Å². The minimum Gasteiger partial charge on any atom is -0.466 e. The Balaban J connectivity index is 2.01. The van der Waals surface area contributed by atoms with Crippen LogP contribution in [0.4, 0.5) is 0 Å². The number of ether oxygens (including phenoxy) is 4. The molecular weight excluding hydrogens is 484 g/mol. The Morgan fingerprint density at radius 1 is 0.972 bits per heavy atom. The maximum atomic E-state index is 12.8. The zero-order chi connectivity index (χ0) is 25.8. The lowest BCUT2D eigenvalue weighted by Crippen LogP contribution is -2.15. The number of aromatic nitrogens is 2. The number of carbonyl (C=O) groups excluding carboxylic acids is 2. The van der Waals surface area contributed by atoms with Gasteiger partial charge in [-0.2, -0.15) is 0 Å². The summed E-state index contributed by atoms with van der Waals surface area (Å²) >= 11 is 6.02. The van der Waals surface area contributed by atoms with Gasteiger partial charge in [0.05, 0.1) is 31.9 Å². The van der Waals surface area contributed by atoms with Gasteiger partial charge in [-0.05, 0) is 35.9 Å². The predicted molar refractivity (Wildman–Crippen MR) is 137 cm³/mol. The Bertz CT molecular complexity index is 1450. The number of carbonyl (C=O) groups is 2. The van der Waals surface area contributed by atoms with Gasteiger partial charge in [-0.15, -0.1) is 0 Å². The maximum Gasteiger partial charge on any atom is 0.356 e. The molecule has 0 bridgehead atoms. The minimum atomic E-state index is -0.873. The Labute approximate surface area is 213 Å². The third-order valence-electron chi connectivity index (χ3n) is 5.81. The van der Waals surface area contributed by atoms with Crippen molar-refractivity contribution < 1.29 is 28.5 Å². The second-order valence-electron chi connectivity index (χ2n) is 7.90. The predicted octanol–water partition coefficient (Wildman–Crippen LogP) is 5.18. The summed E-state index contributed by atoms with van der Waals surface area (Å²) in [6.07, 6.45) is 0.880. The second kappa shape index (κ2) is 10.9. The van der Waals surface area contributed by atoms with Crippen molar-refractivity contribution in [2.45, 2.75) is 12.8 Å². The number of rotatable bonds is 8. The zero-order valence-electron chi connectivity index (χ0n) is 20.3. The molecule has 0 radical (unpaired) electrons. The number of benzene rings is 2. The van der Waals surface area contributed by atoms with Crippen molar-refractivity contribution in [3.63, 3.8) is 0 Å². The number of esters is 2. The topological polar surface area (TPSA) is 88.9 Å². The average Bonchev–Trinajstić information content (AvgIpc) is 3.22. The fourth-order valence-electron chi connectivity index (χ4n) is 4.19. The summed E-state index contributed by atoms with van der Waals surface area (Å²) in [6.45, 7) is 0.158. The third-order valence-corrected chi connectivity index (χ3v) is 6.06. The molecule has 0 aliphatic carbocycles. The zero-order valence-corrected chi connectivity index (χ0v) is 21.0. The van der Waals surface area contributed by atoms with Crippen molar-refractivity contribution in [1.82, 2.24) is 9.55 Å². The molecule has 8 nitrogen and oxygen atoms in total. The van der Waals surface area contributed by atoms with Crippen molar-refractivity contribution in [3.05, 3.63) is 82.1 Å². The lowest BCUT2D eigenvalue weighted by molar-refractivity contribution is -0.136. The SMILES string of the molecule is COC(=O)/C(=C/c1ccc(Cl)cc1)Cn1c2ccccc2c2cc(C(=O)OC)nc(C(OC)OC)c21. The van der Waals surface area contributed by atoms with Gasteiger partial charge < -0.3 is 23.5 Å². The summed E-state index contributed by atoms with van der Waals surface area (Å²) in [5.74, 6) is -1.06. The van der Waals surface area contributed by atoms with Gasteiger partial charge in [0, 0.05) is 35.5 Å². The molecule has 36 heavy (non-hydrogen) atoms. The van der Waals surface area contributed by atoms with E-state index in [1.807, 2.05) is 41.0 Å². The van der Waals surface area contributed by atoms with Crippen LogP contribution in [0.5, 0.6) is 0 Å². The number of hydrogen-bond donors (Lipinski definition) is 0. The van der Waals surface area contributed by atoms with E-state index in [9.17, 15) is 9.59 Å². The molecule has 0 aliphatic heterocycles. The molecule has 2 heterocycles. The van der Waals surface area contributed by atoms with Crippen LogP contribution in [-0.4, -0.2) is 49.9 Å². The number of methoxy groups -OCH3 is 4. The van der Waals surface area contributed by atoms with Crippen LogP contribution in [0.25, 0.3) is 27.9 Å². The molecule has 0 atom stereocenters. The smallest absolute Gasteiger partial charge is 0.356 e. The molecule has 0 saturated carbocycles. The third kappa shape index (κ3) is 4.83. The summed E-state index contributed by atoms with van der Waals surface area (Å²) in [4.78, 5) is 29.8. The quantitative estimate of drug-likeness (QED) is 0.184. The molecule has 2 aromatic heterocycles. The van der Waals surface area contributed by atoms with Gasteiger partial charge in [-0.3, -0.25) is 0 Å². The molecule has 9 heteroatoms. The minimum absolute atomic E-state index is 0.118. The van der Waals surface area contributed by atoms with E-state index in [2.05, 4.69) is 4.98 Å². The van der Waals surface area contributed by atoms with E-state index in [0.29, 0.717) is 21.8 Å². The summed E-state index contributed by atoms with van der Waals surface area (Å²) < 4.78 is 23.0. The number of hydrogen-bond acceptors (Lipinski definition) is 7. The fraction of sp³-hybridized carbons (Fsp3) is 0.222. The number of para-hydroxylation sites is 1. The van der Waals surface area contributed by atoms with Crippen molar-refractivity contribution in [3.8, 4) is 0 Å². The fourth-order valence-corrected chi connectivity index (χ4v) is 4.32. The average molecular weight is 509 g/mol. The highest BCUT2D eigenvalue weighted by atomic mass is 35.5. The normalized spacial score (nSPS) is 11.9. The molecule has 4 rings (SSSR count). The van der Waals surface area contributed by atoms with Crippen molar-refractivity contribution in [1.29, 1.82) is 0 Å². The first kappa shape index (κ1) is 25.4. The van der Waals surface area contributed by atoms with Crippen LogP contribution >= 0.6 is 11.6 Å². The molecule has 0 aliphatic rings. The number of halogens is 1. The Hall–Kier alpha value is -3.72. The van der Waals surface area contributed by atoms with Gasteiger partial charge >= 0.3 is 11.9 Å². The van der Waals surface area contributed by atoms with Crippen LogP contribution in [0.15, 0.2) is 60.2 Å². The number of nitrogens with zero attached hydrogens (tertiary/aromatic N) is 2. The molecule has 4 aromatic rings. The van der Waals surface area contributed by atoms with Crippen LogP contribution in [0.1, 0.15) is 28.0 Å². The van der Waals surface area contributed by atoms with E-state index < -0.39 is 18.2 Å². The molecule has 0 N–H and O–H groups in total. The summed E-state index contributed by atoms with van der Waals surface area (Å²) in [5.41, 5.74) is 3.17. The summed E-state index contributed by atoms with van der Waals surface area (Å²) in [7, 11) is 5.61. The van der Waals surface area contributed by atoms with Crippen LogP contribution in [0.3, 0.4) is 0 Å². The first-order valence-corrected chi connectivity index (χ1v) is 11.4. The van der Waals surface area contributed by atoms with Crippen molar-refractivity contribution in [2.24, 2.45) is 0 Å². The lowest BCUT2D eigenvalue weighted by atomic mass is 10.1. The van der Waals surface area contributed by atoms with Gasteiger partial charge in [0.2, 0.25) is 6.29 Å². The standard InChI is InChI=1S/C27H25ClN2O6/c1-33-25(31)17(13-16-9-11-18(28)12-10-16)15-30-22-8-6-5-7-19(22)20-14-21(26(32)34-2)29-23(24(20)30)27(35-3)36-4/h5-14,27H,15H2,1-4H3/b17-13+. The van der Waals surface area contributed by atoms with E-state index in [1.54, 1.807) is 24.3 Å². The van der Waals surface area contributed by atoms with E-state index >= 15 is 0 Å². The van der Waals surface area contributed by atoms with Crippen LogP contribution < -0.4 is 0 Å². The molecular formula is C27H25ClN2O6.